The van der Waals surface area contributed by atoms with Gasteiger partial charge in [0.15, 0.2) is 6.23 Å². The number of aromatic nitrogens is 4. The summed E-state index contributed by atoms with van der Waals surface area (Å²) in [5.41, 5.74) is 11.6. The molecule has 2 aliphatic heterocycles. The van der Waals surface area contributed by atoms with Gasteiger partial charge < -0.3 is 15.0 Å². The summed E-state index contributed by atoms with van der Waals surface area (Å²) in [5.74, 6) is 0.427. The number of amides is 2. The van der Waals surface area contributed by atoms with Gasteiger partial charge in [-0.05, 0) is 136 Å². The van der Waals surface area contributed by atoms with Crippen LogP contribution >= 0.6 is 0 Å². The fourth-order valence-corrected chi connectivity index (χ4v) is 10.9. The fourth-order valence-electron chi connectivity index (χ4n) is 10.9. The molecule has 0 saturated carbocycles. The van der Waals surface area contributed by atoms with Crippen LogP contribution in [0.5, 0.6) is 5.75 Å². The minimum Gasteiger partial charge on any atom is -0.470 e. The maximum absolute atomic E-state index is 13.5. The van der Waals surface area contributed by atoms with Crippen molar-refractivity contribution in [3.05, 3.63) is 162 Å². The topological polar surface area (TPSA) is 147 Å². The van der Waals surface area contributed by atoms with Crippen molar-refractivity contribution < 1.29 is 14.3 Å². The number of likely N-dealkylation sites (tertiary alicyclic amines) is 2. The van der Waals surface area contributed by atoms with Crippen LogP contribution in [0.3, 0.4) is 0 Å². The lowest BCUT2D eigenvalue weighted by Gasteiger charge is -2.47. The van der Waals surface area contributed by atoms with E-state index >= 15 is 0 Å². The Bertz CT molecular complexity index is 3400. The van der Waals surface area contributed by atoms with Gasteiger partial charge in [0.2, 0.25) is 5.91 Å². The third-order valence-electron chi connectivity index (χ3n) is 15.3. The second-order valence-electron chi connectivity index (χ2n) is 20.0. The molecule has 6 heterocycles. The molecule has 10 rings (SSSR count). The molecule has 0 spiro atoms. The maximum atomic E-state index is 13.5. The highest BCUT2D eigenvalue weighted by atomic mass is 16.5. The van der Waals surface area contributed by atoms with Crippen LogP contribution < -0.4 is 10.1 Å². The van der Waals surface area contributed by atoms with Crippen LogP contribution in [0.4, 0.5) is 0 Å². The van der Waals surface area contributed by atoms with Gasteiger partial charge in [0.05, 0.1) is 41.0 Å². The van der Waals surface area contributed by atoms with Crippen LogP contribution in [-0.4, -0.2) is 95.6 Å². The van der Waals surface area contributed by atoms with Gasteiger partial charge in [-0.15, -0.1) is 0 Å². The number of nitrogens with one attached hydrogen (secondary N) is 1. The highest BCUT2D eigenvalue weighted by Gasteiger charge is 2.38. The molecule has 4 aromatic heterocycles. The van der Waals surface area contributed by atoms with Crippen molar-refractivity contribution in [1.82, 2.24) is 38.8 Å². The minimum absolute atomic E-state index is 0.0137. The van der Waals surface area contributed by atoms with Gasteiger partial charge in [-0.1, -0.05) is 68.4 Å². The smallest absolute Gasteiger partial charge is 0.253 e. The quantitative estimate of drug-likeness (QED) is 0.119. The number of benzene rings is 4. The van der Waals surface area contributed by atoms with E-state index < -0.39 is 6.23 Å². The first-order chi connectivity index (χ1) is 35.4. The standard InChI is InChI=1S/C60H60N10O3/c1-6-68(7-2)60(5)28-32-67(33-29-60)58(47-18-14-44(15-19-47)50-22-24-55-63-37-52(69(55)39-50)45-10-8-42(35-61)9-11-45)73-54-34-48(20-21-49(54)36-62)53-38-64-56-25-23-51(40-70(53)56)43-12-16-46(17-13-43)57(72)66-30-26-59(4,27-31-66)65-41(3)71/h8-25,34,37-40,58H,6-7,26-33H2,1-5H3,(H,65,71). The number of rotatable bonds is 13. The van der Waals surface area contributed by atoms with Crippen molar-refractivity contribution >= 4 is 23.1 Å². The van der Waals surface area contributed by atoms with Gasteiger partial charge in [0.1, 0.15) is 23.1 Å². The lowest BCUT2D eigenvalue weighted by molar-refractivity contribution is -0.121. The Morgan fingerprint density at radius 1 is 0.671 bits per heavy atom. The first-order valence-corrected chi connectivity index (χ1v) is 25.3. The highest BCUT2D eigenvalue weighted by molar-refractivity contribution is 5.95. The van der Waals surface area contributed by atoms with Gasteiger partial charge >= 0.3 is 0 Å². The zero-order valence-electron chi connectivity index (χ0n) is 42.2. The summed E-state index contributed by atoms with van der Waals surface area (Å²) in [6.07, 6.45) is 10.8. The number of pyridine rings is 2. The molecule has 0 radical (unpaired) electrons. The lowest BCUT2D eigenvalue weighted by atomic mass is 9.87. The summed E-state index contributed by atoms with van der Waals surface area (Å²) in [6, 6.07) is 42.3. The Morgan fingerprint density at radius 3 is 1.75 bits per heavy atom. The SMILES string of the molecule is CCN(CC)C1(C)CCN(C(Oc2cc(-c3cnc4ccc(-c5ccc(C(=O)N6CCC(C)(NC(C)=O)CC6)cc5)cn34)ccc2C#N)c2ccc(-c3ccc4ncc(-c5ccc(C#N)cc5)n4c3)cc2)CC1. The summed E-state index contributed by atoms with van der Waals surface area (Å²) in [5, 5.41) is 22.9. The second-order valence-corrected chi connectivity index (χ2v) is 20.0. The molecular weight excluding hydrogens is 909 g/mol. The summed E-state index contributed by atoms with van der Waals surface area (Å²) >= 11 is 0. The van der Waals surface area contributed by atoms with Crippen molar-refractivity contribution in [1.29, 1.82) is 10.5 Å². The average Bonchev–Trinajstić information content (AvgIpc) is 4.05. The Hall–Kier alpha value is -8.10. The predicted octanol–water partition coefficient (Wildman–Crippen LogP) is 10.8. The molecule has 0 bridgehead atoms. The van der Waals surface area contributed by atoms with E-state index in [2.05, 4.69) is 105 Å². The Morgan fingerprint density at radius 2 is 1.21 bits per heavy atom. The Balaban J connectivity index is 0.927. The van der Waals surface area contributed by atoms with E-state index in [1.807, 2.05) is 109 Å². The van der Waals surface area contributed by atoms with Crippen molar-refractivity contribution in [2.24, 2.45) is 0 Å². The highest BCUT2D eigenvalue weighted by Crippen LogP contribution is 2.38. The molecule has 1 unspecified atom stereocenters. The van der Waals surface area contributed by atoms with Crippen molar-refractivity contribution in [2.75, 3.05) is 39.3 Å². The number of hydrogen-bond donors (Lipinski definition) is 1. The van der Waals surface area contributed by atoms with E-state index in [9.17, 15) is 20.1 Å². The zero-order chi connectivity index (χ0) is 50.9. The first-order valence-electron chi connectivity index (χ1n) is 25.3. The molecule has 2 amide bonds. The molecule has 368 valence electrons. The number of carbonyl (C=O) groups is 2. The number of nitriles is 2. The lowest BCUT2D eigenvalue weighted by Crippen LogP contribution is -2.54. The largest absolute Gasteiger partial charge is 0.470 e. The molecular formula is C60H60N10O3. The number of carbonyl (C=O) groups excluding carboxylic acids is 2. The number of ether oxygens (including phenoxy) is 1. The fraction of sp³-hybridized carbons (Fsp3) is 0.300. The summed E-state index contributed by atoms with van der Waals surface area (Å²) in [4.78, 5) is 41.6. The van der Waals surface area contributed by atoms with Gasteiger partial charge in [-0.3, -0.25) is 28.2 Å². The van der Waals surface area contributed by atoms with E-state index in [0.717, 1.165) is 101 Å². The van der Waals surface area contributed by atoms with Crippen LogP contribution in [-0.2, 0) is 4.79 Å². The van der Waals surface area contributed by atoms with E-state index in [0.29, 0.717) is 48.4 Å². The summed E-state index contributed by atoms with van der Waals surface area (Å²) in [6.45, 7) is 15.2. The number of hydrogen-bond acceptors (Lipinski definition) is 9. The Kier molecular flexibility index (Phi) is 13.4. The third-order valence-corrected chi connectivity index (χ3v) is 15.3. The van der Waals surface area contributed by atoms with Crippen LogP contribution in [0, 0.1) is 22.7 Å². The van der Waals surface area contributed by atoms with Crippen molar-refractivity contribution in [3.8, 4) is 62.7 Å². The van der Waals surface area contributed by atoms with Crippen molar-refractivity contribution in [3.63, 3.8) is 0 Å². The van der Waals surface area contributed by atoms with Crippen LogP contribution in [0.25, 0.3) is 56.1 Å². The summed E-state index contributed by atoms with van der Waals surface area (Å²) in [7, 11) is 0. The molecule has 8 aromatic rings. The molecule has 1 atom stereocenters. The minimum atomic E-state index is -0.473. The Labute approximate surface area is 426 Å². The average molecular weight is 969 g/mol. The van der Waals surface area contributed by atoms with E-state index in [1.54, 1.807) is 0 Å². The normalized spacial score (nSPS) is 16.0. The second kappa shape index (κ2) is 20.2. The third kappa shape index (κ3) is 9.82. The monoisotopic (exact) mass is 968 g/mol. The molecule has 13 nitrogen and oxygen atoms in total. The van der Waals surface area contributed by atoms with Gasteiger partial charge in [0, 0.05) is 78.8 Å². The molecule has 13 heteroatoms. The maximum Gasteiger partial charge on any atom is 0.253 e. The van der Waals surface area contributed by atoms with Gasteiger partial charge in [-0.2, -0.15) is 10.5 Å². The molecule has 4 aromatic carbocycles. The molecule has 2 fully saturated rings. The van der Waals surface area contributed by atoms with Crippen LogP contribution in [0.2, 0.25) is 0 Å². The number of nitrogens with zero attached hydrogens (tertiary/aromatic N) is 9. The van der Waals surface area contributed by atoms with E-state index in [4.69, 9.17) is 9.72 Å². The number of imidazole rings is 2. The van der Waals surface area contributed by atoms with Crippen molar-refractivity contribution in [2.45, 2.75) is 77.6 Å². The first kappa shape index (κ1) is 48.5. The van der Waals surface area contributed by atoms with Crippen LogP contribution in [0.1, 0.15) is 93.6 Å². The predicted molar refractivity (Wildman–Crippen MR) is 284 cm³/mol. The molecule has 2 aliphatic rings. The van der Waals surface area contributed by atoms with E-state index in [-0.39, 0.29) is 22.9 Å². The molecule has 73 heavy (non-hydrogen) atoms. The number of fused-ring (bicyclic) bond motifs is 2. The van der Waals surface area contributed by atoms with Gasteiger partial charge in [0.25, 0.3) is 5.91 Å². The molecule has 1 N–H and O–H groups in total. The zero-order valence-corrected chi connectivity index (χ0v) is 42.2. The molecule has 0 aliphatic carbocycles. The summed E-state index contributed by atoms with van der Waals surface area (Å²) < 4.78 is 11.3. The van der Waals surface area contributed by atoms with Gasteiger partial charge in [-0.25, -0.2) is 9.97 Å². The molecule has 2 saturated heterocycles. The van der Waals surface area contributed by atoms with E-state index in [1.165, 1.54) is 6.92 Å². The number of piperidine rings is 2. The van der Waals surface area contributed by atoms with Crippen LogP contribution in [0.15, 0.2) is 140 Å².